The third-order valence-corrected chi connectivity index (χ3v) is 5.45. The lowest BCUT2D eigenvalue weighted by molar-refractivity contribution is -0.121. The maximum absolute atomic E-state index is 14.0. The van der Waals surface area contributed by atoms with Crippen molar-refractivity contribution in [2.24, 2.45) is 0 Å². The molecule has 2 aromatic carbocycles. The zero-order chi connectivity index (χ0) is 17.6. The van der Waals surface area contributed by atoms with Crippen LogP contribution in [0.15, 0.2) is 53.4 Å². The Balaban J connectivity index is 0.00000243. The molecule has 0 saturated carbocycles. The molecule has 0 aromatic heterocycles. The molecule has 1 saturated heterocycles. The number of carbonyl (C=O) groups is 1. The molecule has 26 heavy (non-hydrogen) atoms. The normalized spacial score (nSPS) is 15.8. The van der Waals surface area contributed by atoms with Crippen LogP contribution in [0, 0.1) is 11.6 Å². The van der Waals surface area contributed by atoms with Gasteiger partial charge in [0.15, 0.2) is 0 Å². The average molecular weight is 399 g/mol. The Hall–Kier alpha value is -1.63. The van der Waals surface area contributed by atoms with Crippen molar-refractivity contribution in [1.29, 1.82) is 0 Å². The number of piperidine rings is 1. The zero-order valence-corrected chi connectivity index (χ0v) is 15.7. The molecule has 1 aliphatic rings. The van der Waals surface area contributed by atoms with Crippen molar-refractivity contribution in [3.63, 3.8) is 0 Å². The van der Waals surface area contributed by atoms with Gasteiger partial charge in [-0.3, -0.25) is 4.79 Å². The fourth-order valence-corrected chi connectivity index (χ4v) is 3.92. The van der Waals surface area contributed by atoms with E-state index in [1.54, 1.807) is 0 Å². The van der Waals surface area contributed by atoms with E-state index in [-0.39, 0.29) is 29.3 Å². The monoisotopic (exact) mass is 398 g/mol. The summed E-state index contributed by atoms with van der Waals surface area (Å²) < 4.78 is 27.5. The van der Waals surface area contributed by atoms with Crippen LogP contribution >= 0.6 is 24.2 Å². The first-order valence-electron chi connectivity index (χ1n) is 8.31. The summed E-state index contributed by atoms with van der Waals surface area (Å²) in [7, 11) is 0. The number of benzene rings is 2. The number of carbonyl (C=O) groups excluding carboxylic acids is 1. The number of nitrogens with one attached hydrogen (secondary N) is 2. The van der Waals surface area contributed by atoms with E-state index in [9.17, 15) is 13.6 Å². The van der Waals surface area contributed by atoms with Gasteiger partial charge >= 0.3 is 0 Å². The average Bonchev–Trinajstić information content (AvgIpc) is 2.64. The molecule has 1 unspecified atom stereocenters. The quantitative estimate of drug-likeness (QED) is 0.745. The molecule has 1 atom stereocenters. The van der Waals surface area contributed by atoms with E-state index >= 15 is 0 Å². The molecule has 3 nitrogen and oxygen atoms in total. The Labute approximate surface area is 162 Å². The first kappa shape index (κ1) is 20.7. The summed E-state index contributed by atoms with van der Waals surface area (Å²) >= 11 is 1.04. The number of hydrogen-bond donors (Lipinski definition) is 2. The van der Waals surface area contributed by atoms with Gasteiger partial charge in [-0.15, -0.1) is 24.2 Å². The van der Waals surface area contributed by atoms with Crippen LogP contribution in [0.4, 0.5) is 8.78 Å². The van der Waals surface area contributed by atoms with E-state index in [1.807, 2.05) is 30.3 Å². The van der Waals surface area contributed by atoms with Crippen LogP contribution in [-0.4, -0.2) is 25.0 Å². The van der Waals surface area contributed by atoms with Crippen molar-refractivity contribution in [3.8, 4) is 0 Å². The molecule has 2 aromatic rings. The van der Waals surface area contributed by atoms with Crippen molar-refractivity contribution in [1.82, 2.24) is 10.6 Å². The molecule has 1 fully saturated rings. The molecular formula is C19H21ClF2N2OS. The van der Waals surface area contributed by atoms with Gasteiger partial charge in [0.25, 0.3) is 0 Å². The first-order chi connectivity index (χ1) is 12.1. The van der Waals surface area contributed by atoms with Crippen LogP contribution in [0.25, 0.3) is 0 Å². The van der Waals surface area contributed by atoms with Gasteiger partial charge in [-0.05, 0) is 49.7 Å². The number of amides is 1. The maximum atomic E-state index is 14.0. The lowest BCUT2D eigenvalue weighted by atomic mass is 10.1. The van der Waals surface area contributed by atoms with Gasteiger partial charge in [0, 0.05) is 10.9 Å². The Morgan fingerprint density at radius 3 is 2.50 bits per heavy atom. The van der Waals surface area contributed by atoms with Crippen molar-refractivity contribution < 1.29 is 13.6 Å². The molecule has 0 radical (unpaired) electrons. The second-order valence-corrected chi connectivity index (χ2v) is 7.16. The van der Waals surface area contributed by atoms with Crippen molar-refractivity contribution in [2.45, 2.75) is 29.0 Å². The van der Waals surface area contributed by atoms with Crippen LogP contribution in [-0.2, 0) is 4.79 Å². The summed E-state index contributed by atoms with van der Waals surface area (Å²) in [4.78, 5) is 13.0. The molecular weight excluding hydrogens is 378 g/mol. The number of rotatable bonds is 5. The minimum Gasteiger partial charge on any atom is -0.352 e. The van der Waals surface area contributed by atoms with E-state index in [0.29, 0.717) is 0 Å². The van der Waals surface area contributed by atoms with E-state index < -0.39 is 16.9 Å². The lowest BCUT2D eigenvalue weighted by Crippen LogP contribution is -2.44. The van der Waals surface area contributed by atoms with Gasteiger partial charge < -0.3 is 10.6 Å². The van der Waals surface area contributed by atoms with Crippen molar-refractivity contribution >= 4 is 30.1 Å². The Morgan fingerprint density at radius 1 is 1.12 bits per heavy atom. The topological polar surface area (TPSA) is 41.1 Å². The van der Waals surface area contributed by atoms with Gasteiger partial charge in [-0.25, -0.2) is 8.78 Å². The second kappa shape index (κ2) is 9.90. The van der Waals surface area contributed by atoms with Gasteiger partial charge in [0.05, 0.1) is 0 Å². The summed E-state index contributed by atoms with van der Waals surface area (Å²) in [6.45, 7) is 1.74. The minimum absolute atomic E-state index is 0. The third-order valence-electron chi connectivity index (χ3n) is 4.16. The van der Waals surface area contributed by atoms with Crippen LogP contribution in [0.3, 0.4) is 0 Å². The van der Waals surface area contributed by atoms with Crippen LogP contribution in [0.5, 0.6) is 0 Å². The maximum Gasteiger partial charge on any atom is 0.238 e. The predicted octanol–water partition coefficient (Wildman–Crippen LogP) is 4.09. The molecule has 0 bridgehead atoms. The largest absolute Gasteiger partial charge is 0.352 e. The first-order valence-corrected chi connectivity index (χ1v) is 9.19. The van der Waals surface area contributed by atoms with Gasteiger partial charge in [-0.2, -0.15) is 0 Å². The number of halogens is 3. The molecule has 3 rings (SSSR count). The van der Waals surface area contributed by atoms with Crippen molar-refractivity contribution in [3.05, 3.63) is 65.7 Å². The van der Waals surface area contributed by atoms with Crippen LogP contribution in [0.2, 0.25) is 0 Å². The predicted molar refractivity (Wildman–Crippen MR) is 103 cm³/mol. The van der Waals surface area contributed by atoms with Crippen molar-refractivity contribution in [2.75, 3.05) is 13.1 Å². The number of thioether (sulfide) groups is 1. The Bertz CT molecular complexity index is 727. The minimum atomic E-state index is -0.632. The smallest absolute Gasteiger partial charge is 0.238 e. The highest BCUT2D eigenvalue weighted by Gasteiger charge is 2.26. The van der Waals surface area contributed by atoms with Gasteiger partial charge in [0.2, 0.25) is 5.91 Å². The summed E-state index contributed by atoms with van der Waals surface area (Å²) in [5, 5.41) is 5.68. The van der Waals surface area contributed by atoms with E-state index in [2.05, 4.69) is 10.6 Å². The van der Waals surface area contributed by atoms with Gasteiger partial charge in [0.1, 0.15) is 16.9 Å². The molecule has 1 amide bonds. The van der Waals surface area contributed by atoms with Crippen LogP contribution < -0.4 is 10.6 Å². The fraction of sp³-hybridized carbons (Fsp3) is 0.316. The zero-order valence-electron chi connectivity index (χ0n) is 14.1. The highest BCUT2D eigenvalue weighted by atomic mass is 35.5. The van der Waals surface area contributed by atoms with Crippen LogP contribution in [0.1, 0.15) is 23.7 Å². The Kier molecular flexibility index (Phi) is 7.87. The number of hydrogen-bond acceptors (Lipinski definition) is 3. The SMILES string of the molecule is Cl.O=C(NC1CCNCC1)C(Sc1cc(F)ccc1F)c1ccccc1. The molecule has 0 spiro atoms. The molecule has 7 heteroatoms. The Morgan fingerprint density at radius 2 is 1.81 bits per heavy atom. The van der Waals surface area contributed by atoms with E-state index in [0.717, 1.165) is 61.5 Å². The molecule has 140 valence electrons. The molecule has 0 aliphatic carbocycles. The summed E-state index contributed by atoms with van der Waals surface area (Å²) in [5.74, 6) is -1.22. The second-order valence-electron chi connectivity index (χ2n) is 6.02. The standard InChI is InChI=1S/C19H20F2N2OS.ClH/c20-14-6-7-16(21)17(12-14)25-18(13-4-2-1-3-5-13)19(24)23-15-8-10-22-11-9-15;/h1-7,12,15,18,22H,8-11H2,(H,23,24);1H. The highest BCUT2D eigenvalue weighted by molar-refractivity contribution is 8.00. The summed E-state index contributed by atoms with van der Waals surface area (Å²) in [6, 6.07) is 12.6. The lowest BCUT2D eigenvalue weighted by Gasteiger charge is -2.26. The van der Waals surface area contributed by atoms with E-state index in [1.165, 1.54) is 0 Å². The molecule has 1 heterocycles. The molecule has 1 aliphatic heterocycles. The molecule has 2 N–H and O–H groups in total. The summed E-state index contributed by atoms with van der Waals surface area (Å²) in [6.07, 6.45) is 1.73. The van der Waals surface area contributed by atoms with E-state index in [4.69, 9.17) is 0 Å². The fourth-order valence-electron chi connectivity index (χ4n) is 2.84. The summed E-state index contributed by atoms with van der Waals surface area (Å²) in [5.41, 5.74) is 0.766. The third kappa shape index (κ3) is 5.43. The van der Waals surface area contributed by atoms with Gasteiger partial charge in [-0.1, -0.05) is 30.3 Å². The highest BCUT2D eigenvalue weighted by Crippen LogP contribution is 2.37.